The van der Waals surface area contributed by atoms with Gasteiger partial charge < -0.3 is 9.47 Å². The zero-order chi connectivity index (χ0) is 14.3. The van der Waals surface area contributed by atoms with E-state index in [1.807, 2.05) is 36.4 Å². The summed E-state index contributed by atoms with van der Waals surface area (Å²) in [6.45, 7) is 4.51. The first kappa shape index (κ1) is 15.9. The Morgan fingerprint density at radius 3 is 2.21 bits per heavy atom. The van der Waals surface area contributed by atoms with Crippen LogP contribution in [0.15, 0.2) is 18.2 Å². The molecule has 0 aromatic heterocycles. The lowest BCUT2D eigenvalue weighted by Gasteiger charge is -2.10. The van der Waals surface area contributed by atoms with Crippen LogP contribution in [0.4, 0.5) is 0 Å². The second kappa shape index (κ2) is 8.14. The molecule has 104 valence electrons. The van der Waals surface area contributed by atoms with Gasteiger partial charge in [0.2, 0.25) is 0 Å². The molecule has 19 heavy (non-hydrogen) atoms. The monoisotopic (exact) mass is 376 g/mol. The van der Waals surface area contributed by atoms with Crippen molar-refractivity contribution < 1.29 is 19.1 Å². The van der Waals surface area contributed by atoms with Crippen molar-refractivity contribution in [1.82, 2.24) is 0 Å². The van der Waals surface area contributed by atoms with E-state index in [4.69, 9.17) is 9.47 Å². The molecule has 0 radical (unpaired) electrons. The Labute approximate surface area is 126 Å². The summed E-state index contributed by atoms with van der Waals surface area (Å²) in [5.41, 5.74) is 0.555. The highest BCUT2D eigenvalue weighted by atomic mass is 127. The Bertz CT molecular complexity index is 457. The van der Waals surface area contributed by atoms with Crippen molar-refractivity contribution >= 4 is 34.5 Å². The molecule has 0 spiro atoms. The van der Waals surface area contributed by atoms with E-state index in [-0.39, 0.29) is 11.1 Å². The van der Waals surface area contributed by atoms with E-state index in [9.17, 15) is 9.59 Å². The first-order valence-corrected chi connectivity index (χ1v) is 7.32. The number of carbonyl (C=O) groups is 2. The molecule has 0 unspecified atom stereocenters. The van der Waals surface area contributed by atoms with E-state index in [2.05, 4.69) is 0 Å². The van der Waals surface area contributed by atoms with E-state index >= 15 is 0 Å². The molecule has 0 N–H and O–H groups in total. The molecule has 0 aliphatic heterocycles. The van der Waals surface area contributed by atoms with Gasteiger partial charge in [0.1, 0.15) is 0 Å². The molecule has 0 amide bonds. The molecule has 1 aromatic rings. The van der Waals surface area contributed by atoms with Gasteiger partial charge in [0.25, 0.3) is 0 Å². The van der Waals surface area contributed by atoms with Crippen LogP contribution in [0.5, 0.6) is 0 Å². The minimum atomic E-state index is -0.483. The van der Waals surface area contributed by atoms with Gasteiger partial charge in [0.15, 0.2) is 0 Å². The van der Waals surface area contributed by atoms with E-state index in [0.29, 0.717) is 16.8 Å². The zero-order valence-electron chi connectivity index (χ0n) is 11.1. The molecule has 0 bridgehead atoms. The molecule has 0 fully saturated rings. The number of hydrogen-bond acceptors (Lipinski definition) is 4. The van der Waals surface area contributed by atoms with Crippen molar-refractivity contribution in [3.05, 3.63) is 32.9 Å². The van der Waals surface area contributed by atoms with E-state index in [0.717, 1.165) is 12.8 Å². The average Bonchev–Trinajstić information content (AvgIpc) is 2.41. The molecule has 1 rings (SSSR count). The van der Waals surface area contributed by atoms with Gasteiger partial charge in [-0.15, -0.1) is 0 Å². The molecular weight excluding hydrogens is 359 g/mol. The number of ether oxygens (including phenoxy) is 2. The van der Waals surface area contributed by atoms with Crippen LogP contribution in [0.25, 0.3) is 0 Å². The van der Waals surface area contributed by atoms with Gasteiger partial charge >= 0.3 is 11.9 Å². The van der Waals surface area contributed by atoms with Crippen molar-refractivity contribution in [3.8, 4) is 0 Å². The second-order valence-electron chi connectivity index (χ2n) is 3.93. The Kier molecular flexibility index (Phi) is 6.83. The SMILES string of the molecule is CCCOC(=O)c1cccc(I)c1C(=O)OCCC. The third-order valence-electron chi connectivity index (χ3n) is 2.31. The average molecular weight is 376 g/mol. The van der Waals surface area contributed by atoms with Gasteiger partial charge in [-0.25, -0.2) is 9.59 Å². The summed E-state index contributed by atoms with van der Waals surface area (Å²) >= 11 is 2.02. The van der Waals surface area contributed by atoms with Crippen LogP contribution in [-0.2, 0) is 9.47 Å². The lowest BCUT2D eigenvalue weighted by molar-refractivity contribution is 0.0457. The van der Waals surface area contributed by atoms with Crippen LogP contribution < -0.4 is 0 Å². The van der Waals surface area contributed by atoms with Crippen LogP contribution in [0.1, 0.15) is 47.4 Å². The predicted octanol–water partition coefficient (Wildman–Crippen LogP) is 3.42. The third-order valence-corrected chi connectivity index (χ3v) is 3.21. The van der Waals surface area contributed by atoms with E-state index in [1.165, 1.54) is 0 Å². The van der Waals surface area contributed by atoms with Crippen molar-refractivity contribution in [2.45, 2.75) is 26.7 Å². The minimum absolute atomic E-state index is 0.265. The van der Waals surface area contributed by atoms with Crippen LogP contribution >= 0.6 is 22.6 Å². The number of carbonyl (C=O) groups excluding carboxylic acids is 2. The van der Waals surface area contributed by atoms with Crippen LogP contribution in [0.2, 0.25) is 0 Å². The second-order valence-corrected chi connectivity index (χ2v) is 5.10. The molecule has 0 saturated carbocycles. The first-order valence-electron chi connectivity index (χ1n) is 6.24. The molecule has 0 atom stereocenters. The van der Waals surface area contributed by atoms with Crippen LogP contribution in [-0.4, -0.2) is 25.2 Å². The third kappa shape index (κ3) is 4.49. The van der Waals surface area contributed by atoms with Gasteiger partial charge in [-0.2, -0.15) is 0 Å². The van der Waals surface area contributed by atoms with Gasteiger partial charge in [-0.1, -0.05) is 19.9 Å². The van der Waals surface area contributed by atoms with Gasteiger partial charge in [-0.3, -0.25) is 0 Å². The molecule has 1 aromatic carbocycles. The summed E-state index contributed by atoms with van der Waals surface area (Å²) in [7, 11) is 0. The normalized spacial score (nSPS) is 10.1. The standard InChI is InChI=1S/C14H17IO4/c1-3-8-18-13(16)10-6-5-7-11(15)12(10)14(17)19-9-4-2/h5-7H,3-4,8-9H2,1-2H3. The van der Waals surface area contributed by atoms with Crippen molar-refractivity contribution in [2.75, 3.05) is 13.2 Å². The molecule has 5 heteroatoms. The summed E-state index contributed by atoms with van der Waals surface area (Å²) in [6.07, 6.45) is 1.48. The van der Waals surface area contributed by atoms with Gasteiger partial charge in [-0.05, 0) is 47.6 Å². The lowest BCUT2D eigenvalue weighted by Crippen LogP contribution is -2.16. The fourth-order valence-corrected chi connectivity index (χ4v) is 2.16. The highest BCUT2D eigenvalue weighted by Crippen LogP contribution is 2.19. The molecule has 0 heterocycles. The maximum absolute atomic E-state index is 12.0. The molecule has 4 nitrogen and oxygen atoms in total. The number of benzene rings is 1. The number of halogens is 1. The Morgan fingerprint density at radius 2 is 1.63 bits per heavy atom. The van der Waals surface area contributed by atoms with Gasteiger partial charge in [0, 0.05) is 3.57 Å². The van der Waals surface area contributed by atoms with E-state index in [1.54, 1.807) is 18.2 Å². The maximum Gasteiger partial charge on any atom is 0.340 e. The number of hydrogen-bond donors (Lipinski definition) is 0. The van der Waals surface area contributed by atoms with Crippen LogP contribution in [0.3, 0.4) is 0 Å². The summed E-state index contributed by atoms with van der Waals surface area (Å²) in [6, 6.07) is 5.07. The Balaban J connectivity index is 3.01. The molecular formula is C14H17IO4. The van der Waals surface area contributed by atoms with Crippen LogP contribution in [0, 0.1) is 3.57 Å². The van der Waals surface area contributed by atoms with Crippen molar-refractivity contribution in [1.29, 1.82) is 0 Å². The summed E-state index contributed by atoms with van der Waals surface area (Å²) < 4.78 is 10.9. The largest absolute Gasteiger partial charge is 0.462 e. The lowest BCUT2D eigenvalue weighted by atomic mass is 10.1. The zero-order valence-corrected chi connectivity index (χ0v) is 13.2. The highest BCUT2D eigenvalue weighted by molar-refractivity contribution is 14.1. The van der Waals surface area contributed by atoms with E-state index < -0.39 is 11.9 Å². The summed E-state index contributed by atoms with van der Waals surface area (Å²) in [5.74, 6) is -0.959. The summed E-state index contributed by atoms with van der Waals surface area (Å²) in [4.78, 5) is 23.9. The fourth-order valence-electron chi connectivity index (χ4n) is 1.44. The molecule has 0 aliphatic carbocycles. The highest BCUT2D eigenvalue weighted by Gasteiger charge is 2.21. The minimum Gasteiger partial charge on any atom is -0.462 e. The van der Waals surface area contributed by atoms with Gasteiger partial charge in [0.05, 0.1) is 24.3 Å². The summed E-state index contributed by atoms with van der Waals surface area (Å²) in [5, 5.41) is 0. The molecule has 0 saturated heterocycles. The van der Waals surface area contributed by atoms with Crippen molar-refractivity contribution in [2.24, 2.45) is 0 Å². The maximum atomic E-state index is 12.0. The first-order chi connectivity index (χ1) is 9.11. The predicted molar refractivity (Wildman–Crippen MR) is 80.3 cm³/mol. The smallest absolute Gasteiger partial charge is 0.340 e. The Hall–Kier alpha value is -1.11. The fraction of sp³-hybridized carbons (Fsp3) is 0.429. The molecule has 0 aliphatic rings. The number of rotatable bonds is 6. The number of esters is 2. The topological polar surface area (TPSA) is 52.6 Å². The van der Waals surface area contributed by atoms with Crippen molar-refractivity contribution in [3.63, 3.8) is 0 Å². The quantitative estimate of drug-likeness (QED) is 0.564. The Morgan fingerprint density at radius 1 is 1.05 bits per heavy atom.